The summed E-state index contributed by atoms with van der Waals surface area (Å²) in [6.07, 6.45) is 0. The number of para-hydroxylation sites is 1. The van der Waals surface area contributed by atoms with E-state index in [9.17, 15) is 0 Å². The molecule has 0 fully saturated rings. The number of rotatable bonds is 3. The fraction of sp³-hybridized carbons (Fsp3) is 0.333. The number of nitrogens with zero attached hydrogens (tertiary/aromatic N) is 3. The Morgan fingerprint density at radius 1 is 1.41 bits per heavy atom. The Morgan fingerprint density at radius 2 is 2.12 bits per heavy atom. The van der Waals surface area contributed by atoms with Gasteiger partial charge in [0.2, 0.25) is 5.95 Å². The Morgan fingerprint density at radius 3 is 2.65 bits per heavy atom. The van der Waals surface area contributed by atoms with Crippen molar-refractivity contribution in [2.24, 2.45) is 7.05 Å². The van der Waals surface area contributed by atoms with E-state index in [1.165, 1.54) is 5.56 Å². The minimum atomic E-state index is 0.632. The van der Waals surface area contributed by atoms with E-state index in [2.05, 4.69) is 41.1 Å². The van der Waals surface area contributed by atoms with Crippen molar-refractivity contribution >= 4 is 23.9 Å². The van der Waals surface area contributed by atoms with Gasteiger partial charge in [-0.1, -0.05) is 18.2 Å². The van der Waals surface area contributed by atoms with Crippen molar-refractivity contribution < 1.29 is 0 Å². The van der Waals surface area contributed by atoms with Gasteiger partial charge in [0.25, 0.3) is 0 Å². The van der Waals surface area contributed by atoms with Crippen molar-refractivity contribution in [3.8, 4) is 0 Å². The van der Waals surface area contributed by atoms with Gasteiger partial charge in [0.15, 0.2) is 4.77 Å². The molecule has 0 aliphatic rings. The van der Waals surface area contributed by atoms with Crippen LogP contribution in [0.15, 0.2) is 24.3 Å². The summed E-state index contributed by atoms with van der Waals surface area (Å²) in [5.41, 5.74) is 2.38. The second-order valence-corrected chi connectivity index (χ2v) is 4.31. The van der Waals surface area contributed by atoms with Crippen LogP contribution in [-0.2, 0) is 7.05 Å². The molecule has 1 heterocycles. The van der Waals surface area contributed by atoms with Gasteiger partial charge < -0.3 is 4.90 Å². The first-order valence-corrected chi connectivity index (χ1v) is 6.00. The van der Waals surface area contributed by atoms with Gasteiger partial charge in [-0.3, -0.25) is 4.57 Å². The van der Waals surface area contributed by atoms with E-state index in [4.69, 9.17) is 12.2 Å². The number of aromatic amines is 1. The lowest BCUT2D eigenvalue weighted by Crippen LogP contribution is -2.20. The van der Waals surface area contributed by atoms with Crippen molar-refractivity contribution in [1.82, 2.24) is 14.8 Å². The van der Waals surface area contributed by atoms with Crippen LogP contribution in [0, 0.1) is 11.7 Å². The lowest BCUT2D eigenvalue weighted by Gasteiger charge is -2.23. The average molecular weight is 248 g/mol. The van der Waals surface area contributed by atoms with Crippen LogP contribution in [-0.4, -0.2) is 21.3 Å². The molecule has 0 aliphatic carbocycles. The molecular formula is C12H16N4S. The molecule has 4 nitrogen and oxygen atoms in total. The Hall–Kier alpha value is -1.62. The first kappa shape index (κ1) is 11.9. The van der Waals surface area contributed by atoms with Crippen molar-refractivity contribution in [1.29, 1.82) is 0 Å². The van der Waals surface area contributed by atoms with Crippen molar-refractivity contribution in [2.75, 3.05) is 11.4 Å². The second kappa shape index (κ2) is 4.71. The van der Waals surface area contributed by atoms with E-state index < -0.39 is 0 Å². The third-order valence-electron chi connectivity index (χ3n) is 2.82. The topological polar surface area (TPSA) is 36.9 Å². The number of aryl methyl sites for hydroxylation is 1. The van der Waals surface area contributed by atoms with E-state index in [-0.39, 0.29) is 0 Å². The molecule has 0 saturated carbocycles. The molecule has 0 radical (unpaired) electrons. The molecule has 1 aromatic carbocycles. The fourth-order valence-electron chi connectivity index (χ4n) is 1.87. The monoisotopic (exact) mass is 248 g/mol. The van der Waals surface area contributed by atoms with Crippen LogP contribution in [0.25, 0.3) is 0 Å². The van der Waals surface area contributed by atoms with Gasteiger partial charge in [-0.15, -0.1) is 5.10 Å². The van der Waals surface area contributed by atoms with Crippen LogP contribution in [0.4, 0.5) is 11.6 Å². The summed E-state index contributed by atoms with van der Waals surface area (Å²) in [6.45, 7) is 5.04. The zero-order valence-corrected chi connectivity index (χ0v) is 11.1. The van der Waals surface area contributed by atoms with E-state index in [0.29, 0.717) is 4.77 Å². The smallest absolute Gasteiger partial charge is 0.229 e. The quantitative estimate of drug-likeness (QED) is 0.848. The maximum Gasteiger partial charge on any atom is 0.229 e. The van der Waals surface area contributed by atoms with Crippen molar-refractivity contribution in [2.45, 2.75) is 13.8 Å². The van der Waals surface area contributed by atoms with Gasteiger partial charge in [-0.25, -0.2) is 5.10 Å². The number of benzene rings is 1. The van der Waals surface area contributed by atoms with Crippen LogP contribution < -0.4 is 4.90 Å². The largest absolute Gasteiger partial charge is 0.311 e. The van der Waals surface area contributed by atoms with Crippen LogP contribution >= 0.6 is 12.2 Å². The number of hydrogen-bond donors (Lipinski definition) is 1. The van der Waals surface area contributed by atoms with Crippen molar-refractivity contribution in [3.05, 3.63) is 34.6 Å². The Balaban J connectivity index is 2.51. The van der Waals surface area contributed by atoms with Gasteiger partial charge in [0.1, 0.15) is 0 Å². The zero-order chi connectivity index (χ0) is 12.4. The third kappa shape index (κ3) is 2.10. The number of anilines is 2. The molecule has 0 spiro atoms. The molecular weight excluding hydrogens is 232 g/mol. The minimum absolute atomic E-state index is 0.632. The van der Waals surface area contributed by atoms with Gasteiger partial charge in [0.05, 0.1) is 0 Å². The fourth-order valence-corrected chi connectivity index (χ4v) is 1.99. The molecule has 0 amide bonds. The molecule has 1 N–H and O–H groups in total. The highest BCUT2D eigenvalue weighted by Crippen LogP contribution is 2.25. The number of hydrogen-bond acceptors (Lipinski definition) is 3. The van der Waals surface area contributed by atoms with Gasteiger partial charge in [0, 0.05) is 19.3 Å². The second-order valence-electron chi connectivity index (χ2n) is 3.92. The summed E-state index contributed by atoms with van der Waals surface area (Å²) >= 11 is 5.14. The maximum atomic E-state index is 5.14. The Kier molecular flexibility index (Phi) is 3.28. The molecule has 2 aromatic rings. The average Bonchev–Trinajstić information content (AvgIpc) is 2.65. The van der Waals surface area contributed by atoms with E-state index >= 15 is 0 Å². The highest BCUT2D eigenvalue weighted by Gasteiger charge is 2.14. The predicted molar refractivity (Wildman–Crippen MR) is 72.3 cm³/mol. The maximum absolute atomic E-state index is 5.14. The lowest BCUT2D eigenvalue weighted by molar-refractivity contribution is 0.841. The van der Waals surface area contributed by atoms with Crippen LogP contribution in [0.3, 0.4) is 0 Å². The normalized spacial score (nSPS) is 10.5. The van der Waals surface area contributed by atoms with E-state index in [1.807, 2.05) is 23.7 Å². The third-order valence-corrected chi connectivity index (χ3v) is 3.19. The molecule has 90 valence electrons. The summed E-state index contributed by atoms with van der Waals surface area (Å²) < 4.78 is 2.51. The summed E-state index contributed by atoms with van der Waals surface area (Å²) in [5, 5.41) is 7.09. The first-order valence-electron chi connectivity index (χ1n) is 5.59. The van der Waals surface area contributed by atoms with Crippen LogP contribution in [0.2, 0.25) is 0 Å². The summed E-state index contributed by atoms with van der Waals surface area (Å²) in [6, 6.07) is 8.26. The minimum Gasteiger partial charge on any atom is -0.311 e. The number of H-pyrrole nitrogens is 1. The number of aromatic nitrogens is 3. The molecule has 0 saturated heterocycles. The first-order chi connectivity index (χ1) is 8.15. The standard InChI is InChI=1S/C12H16N4S/c1-4-16(10-8-6-5-7-9(10)2)11-13-14-12(17)15(11)3/h5-8H,4H2,1-3H3,(H,14,17). The van der Waals surface area contributed by atoms with Gasteiger partial charge >= 0.3 is 0 Å². The van der Waals surface area contributed by atoms with Gasteiger partial charge in [-0.05, 0) is 37.7 Å². The molecule has 1 aromatic heterocycles. The van der Waals surface area contributed by atoms with Crippen LogP contribution in [0.1, 0.15) is 12.5 Å². The summed E-state index contributed by atoms with van der Waals surface area (Å²) in [5.74, 6) is 0.840. The SMILES string of the molecule is CCN(c1ccccc1C)c1n[nH]c(=S)n1C. The molecule has 17 heavy (non-hydrogen) atoms. The van der Waals surface area contributed by atoms with E-state index in [1.54, 1.807) is 0 Å². The van der Waals surface area contributed by atoms with Crippen LogP contribution in [0.5, 0.6) is 0 Å². The summed E-state index contributed by atoms with van der Waals surface area (Å²) in [7, 11) is 1.92. The zero-order valence-electron chi connectivity index (χ0n) is 10.3. The Labute approximate surface area is 106 Å². The molecule has 5 heteroatoms. The number of nitrogens with one attached hydrogen (secondary N) is 1. The van der Waals surface area contributed by atoms with Gasteiger partial charge in [-0.2, -0.15) is 0 Å². The molecule has 0 aliphatic heterocycles. The van der Waals surface area contributed by atoms with Crippen molar-refractivity contribution in [3.63, 3.8) is 0 Å². The highest BCUT2D eigenvalue weighted by molar-refractivity contribution is 7.71. The molecule has 0 atom stereocenters. The molecule has 2 rings (SSSR count). The Bertz CT molecular complexity index is 570. The van der Waals surface area contributed by atoms with E-state index in [0.717, 1.165) is 18.2 Å². The highest BCUT2D eigenvalue weighted by atomic mass is 32.1. The summed E-state index contributed by atoms with van der Waals surface area (Å²) in [4.78, 5) is 2.14. The molecule has 0 bridgehead atoms. The predicted octanol–water partition coefficient (Wildman–Crippen LogP) is 2.94. The lowest BCUT2D eigenvalue weighted by atomic mass is 10.2. The molecule has 0 unspecified atom stereocenters.